The van der Waals surface area contributed by atoms with Gasteiger partial charge in [0.05, 0.1) is 6.61 Å². The summed E-state index contributed by atoms with van der Waals surface area (Å²) in [5, 5.41) is 0. The Hall–Kier alpha value is -1.98. The lowest BCUT2D eigenvalue weighted by atomic mass is 10.1. The molecule has 2 nitrogen and oxygen atoms in total. The van der Waals surface area contributed by atoms with Crippen molar-refractivity contribution in [3.63, 3.8) is 0 Å². The zero-order valence-corrected chi connectivity index (χ0v) is 16.0. The minimum atomic E-state index is 0.788. The van der Waals surface area contributed by atoms with Gasteiger partial charge < -0.3 is 4.74 Å². The Morgan fingerprint density at radius 1 is 1.12 bits per heavy atom. The number of benzene rings is 1. The Labute approximate surface area is 149 Å². The number of fused-ring (bicyclic) bond motifs is 1. The molecule has 0 atom stereocenters. The van der Waals surface area contributed by atoms with Crippen LogP contribution in [-0.4, -0.2) is 18.1 Å². The summed E-state index contributed by atoms with van der Waals surface area (Å²) in [6.07, 6.45) is 13.2. The van der Waals surface area contributed by atoms with Gasteiger partial charge in [0.15, 0.2) is 0 Å². The van der Waals surface area contributed by atoms with E-state index in [-0.39, 0.29) is 0 Å². The smallest absolute Gasteiger partial charge is 0.114 e. The van der Waals surface area contributed by atoms with Crippen molar-refractivity contribution in [2.24, 2.45) is 0 Å². The molecular weight excluding hydrogens is 294 g/mol. The number of nitrogens with zero attached hydrogens (tertiary/aromatic N) is 1. The molecule has 1 aromatic rings. The first-order chi connectivity index (χ1) is 11.7. The lowest BCUT2D eigenvalue weighted by Crippen LogP contribution is -2.18. The Morgan fingerprint density at radius 2 is 1.67 bits per heavy atom. The Kier molecular flexibility index (Phi) is 12.3. The summed E-state index contributed by atoms with van der Waals surface area (Å²) in [4.78, 5) is 2.49. The number of ether oxygens (including phenoxy) is 1. The largest absolute Gasteiger partial charge is 0.494 e. The van der Waals surface area contributed by atoms with Gasteiger partial charge in [-0.25, -0.2) is 0 Å². The summed E-state index contributed by atoms with van der Waals surface area (Å²) in [5.41, 5.74) is 4.23. The van der Waals surface area contributed by atoms with E-state index < -0.39 is 0 Å². The Morgan fingerprint density at radius 3 is 2.12 bits per heavy atom. The fourth-order valence-corrected chi connectivity index (χ4v) is 2.53. The van der Waals surface area contributed by atoms with E-state index in [0.717, 1.165) is 38.4 Å². The molecule has 1 heterocycles. The van der Waals surface area contributed by atoms with E-state index in [1.807, 2.05) is 26.8 Å². The first-order valence-corrected chi connectivity index (χ1v) is 8.75. The number of hydrogen-bond acceptors (Lipinski definition) is 2. The average molecular weight is 328 g/mol. The van der Waals surface area contributed by atoms with Gasteiger partial charge >= 0.3 is 0 Å². The van der Waals surface area contributed by atoms with E-state index in [1.54, 1.807) is 0 Å². The van der Waals surface area contributed by atoms with Crippen LogP contribution >= 0.6 is 0 Å². The predicted octanol–water partition coefficient (Wildman–Crippen LogP) is 5.55. The summed E-state index contributed by atoms with van der Waals surface area (Å²) in [6, 6.07) is 8.73. The minimum Gasteiger partial charge on any atom is -0.494 e. The van der Waals surface area contributed by atoms with Gasteiger partial charge in [-0.2, -0.15) is 0 Å². The predicted molar refractivity (Wildman–Crippen MR) is 106 cm³/mol. The Bertz CT molecular complexity index is 511. The van der Waals surface area contributed by atoms with Crippen molar-refractivity contribution < 1.29 is 4.74 Å². The maximum atomic E-state index is 5.80. The van der Waals surface area contributed by atoms with Crippen molar-refractivity contribution in [3.8, 4) is 12.8 Å². The summed E-state index contributed by atoms with van der Waals surface area (Å²) in [7, 11) is 0. The van der Waals surface area contributed by atoms with E-state index in [1.165, 1.54) is 16.7 Å². The molecule has 0 unspecified atom stereocenters. The third kappa shape index (κ3) is 8.04. The van der Waals surface area contributed by atoms with Gasteiger partial charge in [0.2, 0.25) is 0 Å². The van der Waals surface area contributed by atoms with E-state index in [2.05, 4.69) is 61.9 Å². The molecule has 24 heavy (non-hydrogen) atoms. The first-order valence-electron chi connectivity index (χ1n) is 8.75. The van der Waals surface area contributed by atoms with Crippen molar-refractivity contribution >= 4 is 0 Å². The topological polar surface area (TPSA) is 12.5 Å². The Balaban J connectivity index is 0.00000123. The minimum absolute atomic E-state index is 0.788. The second kappa shape index (κ2) is 13.5. The number of allylic oxidation sites excluding steroid dienone is 3. The quantitative estimate of drug-likeness (QED) is 0.294. The molecule has 0 fully saturated rings. The lowest BCUT2D eigenvalue weighted by molar-refractivity contribution is 0.190. The molecule has 1 aliphatic heterocycles. The van der Waals surface area contributed by atoms with Crippen molar-refractivity contribution in [2.75, 3.05) is 13.2 Å². The van der Waals surface area contributed by atoms with Gasteiger partial charge in [-0.1, -0.05) is 43.7 Å². The van der Waals surface area contributed by atoms with Crippen molar-refractivity contribution in [2.45, 2.75) is 54.1 Å². The molecule has 0 aliphatic carbocycles. The fraction of sp³-hybridized carbons (Fsp3) is 0.455. The molecule has 1 aromatic carbocycles. The third-order valence-corrected chi connectivity index (χ3v) is 3.51. The molecule has 0 N–H and O–H groups in total. The molecule has 0 bridgehead atoms. The molecule has 0 spiro atoms. The number of rotatable bonds is 6. The average Bonchev–Trinajstić information content (AvgIpc) is 3.03. The highest BCUT2D eigenvalue weighted by Crippen LogP contribution is 2.22. The van der Waals surface area contributed by atoms with Gasteiger partial charge in [0, 0.05) is 19.6 Å². The van der Waals surface area contributed by atoms with Crippen LogP contribution in [-0.2, 0) is 17.8 Å². The highest BCUT2D eigenvalue weighted by atomic mass is 16.5. The van der Waals surface area contributed by atoms with Gasteiger partial charge in [0.25, 0.3) is 0 Å². The molecule has 0 aromatic heterocycles. The normalized spacial score (nSPS) is 12.9. The highest BCUT2D eigenvalue weighted by molar-refractivity contribution is 5.30. The SMILES string of the molecule is C#C.C/C=C(\C=C(C)C)OCCCN1Cc2ccccc2C1.CC. The maximum absolute atomic E-state index is 5.80. The van der Waals surface area contributed by atoms with Crippen LogP contribution in [0.3, 0.4) is 0 Å². The summed E-state index contributed by atoms with van der Waals surface area (Å²) in [6.45, 7) is 14.3. The van der Waals surface area contributed by atoms with Gasteiger partial charge in [0.1, 0.15) is 5.76 Å². The van der Waals surface area contributed by atoms with E-state index in [9.17, 15) is 0 Å². The second-order valence-electron chi connectivity index (χ2n) is 5.59. The second-order valence-corrected chi connectivity index (χ2v) is 5.59. The summed E-state index contributed by atoms with van der Waals surface area (Å²) in [5.74, 6) is 0.981. The van der Waals surface area contributed by atoms with Crippen LogP contribution in [0.2, 0.25) is 0 Å². The molecule has 132 valence electrons. The van der Waals surface area contributed by atoms with Crippen molar-refractivity contribution in [3.05, 3.63) is 58.9 Å². The van der Waals surface area contributed by atoms with Crippen LogP contribution in [0.25, 0.3) is 0 Å². The van der Waals surface area contributed by atoms with Crippen molar-refractivity contribution in [1.82, 2.24) is 4.90 Å². The van der Waals surface area contributed by atoms with E-state index in [4.69, 9.17) is 4.74 Å². The molecular formula is C22H33NO. The zero-order chi connectivity index (χ0) is 18.4. The molecule has 2 heteroatoms. The van der Waals surface area contributed by atoms with Gasteiger partial charge in [-0.05, 0) is 50.5 Å². The standard InChI is InChI=1S/C18H25NO.C2H6.C2H2/c1-4-18(12-15(2)3)20-11-7-10-19-13-16-8-5-6-9-17(16)14-19;2*1-2/h4-6,8-9,12H,7,10-11,13-14H2,1-3H3;1-2H3;1-2H/b18-4+;;. The van der Waals surface area contributed by atoms with Crippen LogP contribution < -0.4 is 0 Å². The van der Waals surface area contributed by atoms with E-state index >= 15 is 0 Å². The zero-order valence-electron chi connectivity index (χ0n) is 16.0. The van der Waals surface area contributed by atoms with Crippen molar-refractivity contribution in [1.29, 1.82) is 0 Å². The molecule has 2 rings (SSSR count). The fourth-order valence-electron chi connectivity index (χ4n) is 2.53. The van der Waals surface area contributed by atoms with Gasteiger partial charge in [-0.3, -0.25) is 4.90 Å². The number of terminal acetylenes is 1. The third-order valence-electron chi connectivity index (χ3n) is 3.51. The summed E-state index contributed by atoms with van der Waals surface area (Å²) < 4.78 is 5.80. The van der Waals surface area contributed by atoms with Gasteiger partial charge in [-0.15, -0.1) is 12.8 Å². The highest BCUT2D eigenvalue weighted by Gasteiger charge is 2.17. The molecule has 0 saturated carbocycles. The van der Waals surface area contributed by atoms with Crippen LogP contribution in [0.15, 0.2) is 47.7 Å². The van der Waals surface area contributed by atoms with Crippen LogP contribution in [0.4, 0.5) is 0 Å². The van der Waals surface area contributed by atoms with Crippen LogP contribution in [0.1, 0.15) is 52.2 Å². The molecule has 0 radical (unpaired) electrons. The maximum Gasteiger partial charge on any atom is 0.114 e. The van der Waals surface area contributed by atoms with Crippen LogP contribution in [0, 0.1) is 12.8 Å². The molecule has 0 saturated heterocycles. The molecule has 0 amide bonds. The lowest BCUT2D eigenvalue weighted by Gasteiger charge is -2.15. The molecule has 1 aliphatic rings. The van der Waals surface area contributed by atoms with E-state index in [0.29, 0.717) is 0 Å². The monoisotopic (exact) mass is 327 g/mol. The van der Waals surface area contributed by atoms with Crippen LogP contribution in [0.5, 0.6) is 0 Å². The summed E-state index contributed by atoms with van der Waals surface area (Å²) >= 11 is 0. The first kappa shape index (κ1) is 22.0. The number of hydrogen-bond donors (Lipinski definition) is 0.